The summed E-state index contributed by atoms with van der Waals surface area (Å²) in [4.78, 5) is 12.4. The van der Waals surface area contributed by atoms with Crippen molar-refractivity contribution in [1.29, 1.82) is 0 Å². The van der Waals surface area contributed by atoms with E-state index < -0.39 is 0 Å². The molecule has 1 aliphatic heterocycles. The summed E-state index contributed by atoms with van der Waals surface area (Å²) in [6.07, 6.45) is 3.29. The Hall–Kier alpha value is -0.770. The molecule has 1 heterocycles. The third-order valence-corrected chi connectivity index (χ3v) is 5.84. The van der Waals surface area contributed by atoms with Crippen LogP contribution in [0.1, 0.15) is 37.7 Å². The number of hydrogen-bond donors (Lipinski definition) is 2. The summed E-state index contributed by atoms with van der Waals surface area (Å²) in [5.41, 5.74) is 1.19. The van der Waals surface area contributed by atoms with Gasteiger partial charge in [-0.2, -0.15) is 0 Å². The molecule has 0 radical (unpaired) electrons. The van der Waals surface area contributed by atoms with Crippen LogP contribution in [0.25, 0.3) is 0 Å². The average molecular weight is 341 g/mol. The number of rotatable bonds is 4. The molecule has 2 unspecified atom stereocenters. The lowest BCUT2D eigenvalue weighted by molar-refractivity contribution is -0.123. The van der Waals surface area contributed by atoms with Gasteiger partial charge in [0.05, 0.1) is 0 Å². The van der Waals surface area contributed by atoms with Crippen LogP contribution in [0.2, 0.25) is 10.0 Å². The molecular weight excluding hydrogens is 319 g/mol. The molecular formula is C17H22Cl2N2O. The van der Waals surface area contributed by atoms with Crippen LogP contribution in [0.4, 0.5) is 0 Å². The quantitative estimate of drug-likeness (QED) is 0.879. The molecule has 0 aromatic heterocycles. The molecule has 0 bridgehead atoms. The van der Waals surface area contributed by atoms with Crippen LogP contribution in [0, 0.1) is 11.3 Å². The topological polar surface area (TPSA) is 41.1 Å². The molecule has 120 valence electrons. The van der Waals surface area contributed by atoms with E-state index in [4.69, 9.17) is 23.2 Å². The van der Waals surface area contributed by atoms with Gasteiger partial charge >= 0.3 is 0 Å². The van der Waals surface area contributed by atoms with Gasteiger partial charge in [-0.3, -0.25) is 4.79 Å². The zero-order valence-electron chi connectivity index (χ0n) is 12.8. The Balaban J connectivity index is 1.55. The molecule has 1 amide bonds. The van der Waals surface area contributed by atoms with Crippen LogP contribution >= 0.6 is 23.2 Å². The van der Waals surface area contributed by atoms with E-state index in [1.54, 1.807) is 0 Å². The van der Waals surface area contributed by atoms with Gasteiger partial charge in [0.25, 0.3) is 0 Å². The molecule has 22 heavy (non-hydrogen) atoms. The molecule has 1 saturated carbocycles. The summed E-state index contributed by atoms with van der Waals surface area (Å²) in [7, 11) is 0. The predicted molar refractivity (Wildman–Crippen MR) is 90.5 cm³/mol. The number of piperidine rings is 1. The van der Waals surface area contributed by atoms with Gasteiger partial charge < -0.3 is 10.6 Å². The fourth-order valence-corrected chi connectivity index (χ4v) is 4.43. The molecule has 1 saturated heterocycles. The number of carbonyl (C=O) groups is 1. The fraction of sp³-hybridized carbons (Fsp3) is 0.588. The van der Waals surface area contributed by atoms with Crippen molar-refractivity contribution in [3.8, 4) is 0 Å². The first kappa shape index (κ1) is 16.1. The summed E-state index contributed by atoms with van der Waals surface area (Å²) in [6, 6.07) is 5.52. The molecule has 3 nitrogen and oxygen atoms in total. The SMILES string of the molecule is CC(CNC(=O)C1CC12CCNCC2)c1c(Cl)cccc1Cl. The Morgan fingerprint density at radius 2 is 2.00 bits per heavy atom. The van der Waals surface area contributed by atoms with Gasteiger partial charge in [0.15, 0.2) is 0 Å². The van der Waals surface area contributed by atoms with Crippen molar-refractivity contribution in [3.05, 3.63) is 33.8 Å². The largest absolute Gasteiger partial charge is 0.355 e. The molecule has 2 atom stereocenters. The second-order valence-electron chi connectivity index (χ2n) is 6.65. The number of amides is 1. The van der Waals surface area contributed by atoms with Gasteiger partial charge in [0, 0.05) is 28.4 Å². The highest BCUT2D eigenvalue weighted by Gasteiger charge is 2.57. The number of nitrogens with one attached hydrogen (secondary N) is 2. The van der Waals surface area contributed by atoms with E-state index in [9.17, 15) is 4.79 Å². The van der Waals surface area contributed by atoms with Crippen molar-refractivity contribution in [1.82, 2.24) is 10.6 Å². The molecule has 1 aliphatic carbocycles. The maximum absolute atomic E-state index is 12.4. The lowest BCUT2D eigenvalue weighted by atomic mass is 9.91. The second-order valence-corrected chi connectivity index (χ2v) is 7.47. The predicted octanol–water partition coefficient (Wildman–Crippen LogP) is 3.60. The maximum atomic E-state index is 12.4. The van der Waals surface area contributed by atoms with Gasteiger partial charge in [0.2, 0.25) is 5.91 Å². The Kier molecular flexibility index (Phi) is 4.67. The van der Waals surface area contributed by atoms with Gasteiger partial charge in [-0.15, -0.1) is 0 Å². The minimum absolute atomic E-state index is 0.105. The molecule has 2 fully saturated rings. The summed E-state index contributed by atoms with van der Waals surface area (Å²) in [6.45, 7) is 4.69. The first-order valence-electron chi connectivity index (χ1n) is 7.96. The van der Waals surface area contributed by atoms with E-state index in [0.29, 0.717) is 16.6 Å². The molecule has 1 aromatic carbocycles. The number of benzene rings is 1. The van der Waals surface area contributed by atoms with E-state index in [2.05, 4.69) is 10.6 Å². The molecule has 1 aromatic rings. The molecule has 3 rings (SSSR count). The first-order chi connectivity index (χ1) is 10.5. The Morgan fingerprint density at radius 1 is 1.36 bits per heavy atom. The maximum Gasteiger partial charge on any atom is 0.223 e. The Morgan fingerprint density at radius 3 is 2.64 bits per heavy atom. The smallest absolute Gasteiger partial charge is 0.223 e. The van der Waals surface area contributed by atoms with Crippen LogP contribution in [0.3, 0.4) is 0 Å². The standard InChI is InChI=1S/C17H22Cl2N2O/c1-11(15-13(18)3-2-4-14(15)19)10-21-16(22)12-9-17(12)5-7-20-8-6-17/h2-4,11-12,20H,5-10H2,1H3,(H,21,22). The number of halogens is 2. The normalized spacial score (nSPS) is 24.0. The van der Waals surface area contributed by atoms with Crippen LogP contribution in [-0.4, -0.2) is 25.5 Å². The summed E-state index contributed by atoms with van der Waals surface area (Å²) >= 11 is 12.5. The molecule has 5 heteroatoms. The van der Waals surface area contributed by atoms with Crippen LogP contribution < -0.4 is 10.6 Å². The van der Waals surface area contributed by atoms with E-state index in [1.165, 1.54) is 0 Å². The van der Waals surface area contributed by atoms with E-state index in [0.717, 1.165) is 37.9 Å². The van der Waals surface area contributed by atoms with Crippen LogP contribution in [0.15, 0.2) is 18.2 Å². The Labute approximate surface area is 141 Å². The summed E-state index contributed by atoms with van der Waals surface area (Å²) < 4.78 is 0. The highest BCUT2D eigenvalue weighted by molar-refractivity contribution is 6.36. The third-order valence-electron chi connectivity index (χ3n) is 5.18. The van der Waals surface area contributed by atoms with Gasteiger partial charge in [-0.25, -0.2) is 0 Å². The molecule has 2 N–H and O–H groups in total. The van der Waals surface area contributed by atoms with Crippen molar-refractivity contribution >= 4 is 29.1 Å². The average Bonchev–Trinajstić information content (AvgIpc) is 3.18. The van der Waals surface area contributed by atoms with E-state index >= 15 is 0 Å². The highest BCUT2D eigenvalue weighted by atomic mass is 35.5. The molecule has 1 spiro atoms. The minimum Gasteiger partial charge on any atom is -0.355 e. The van der Waals surface area contributed by atoms with Crippen molar-refractivity contribution in [2.24, 2.45) is 11.3 Å². The highest BCUT2D eigenvalue weighted by Crippen LogP contribution is 2.58. The van der Waals surface area contributed by atoms with Gasteiger partial charge in [-0.1, -0.05) is 36.2 Å². The summed E-state index contributed by atoms with van der Waals surface area (Å²) in [5, 5.41) is 7.78. The summed E-state index contributed by atoms with van der Waals surface area (Å²) in [5.74, 6) is 0.494. The lowest BCUT2D eigenvalue weighted by Crippen LogP contribution is -2.34. The lowest BCUT2D eigenvalue weighted by Gasteiger charge is -2.23. The molecule has 2 aliphatic rings. The van der Waals surface area contributed by atoms with Crippen molar-refractivity contribution in [3.63, 3.8) is 0 Å². The van der Waals surface area contributed by atoms with Crippen LogP contribution in [0.5, 0.6) is 0 Å². The fourth-order valence-electron chi connectivity index (χ4n) is 3.66. The van der Waals surface area contributed by atoms with Gasteiger partial charge in [-0.05, 0) is 55.5 Å². The number of hydrogen-bond acceptors (Lipinski definition) is 2. The third kappa shape index (κ3) is 3.12. The number of carbonyl (C=O) groups excluding carboxylic acids is 1. The zero-order valence-corrected chi connectivity index (χ0v) is 14.3. The second kappa shape index (κ2) is 6.38. The minimum atomic E-state index is 0.105. The zero-order chi connectivity index (χ0) is 15.7. The van der Waals surface area contributed by atoms with Crippen LogP contribution in [-0.2, 0) is 4.79 Å². The van der Waals surface area contributed by atoms with Gasteiger partial charge in [0.1, 0.15) is 0 Å². The first-order valence-corrected chi connectivity index (χ1v) is 8.71. The monoisotopic (exact) mass is 340 g/mol. The van der Waals surface area contributed by atoms with E-state index in [-0.39, 0.29) is 23.2 Å². The van der Waals surface area contributed by atoms with Crippen molar-refractivity contribution in [2.75, 3.05) is 19.6 Å². The Bertz CT molecular complexity index is 550. The van der Waals surface area contributed by atoms with E-state index in [1.807, 2.05) is 25.1 Å². The van der Waals surface area contributed by atoms with Crippen molar-refractivity contribution < 1.29 is 4.79 Å². The van der Waals surface area contributed by atoms with Crippen molar-refractivity contribution in [2.45, 2.75) is 32.1 Å².